The second-order valence-electron chi connectivity index (χ2n) is 4.11. The molecule has 0 heterocycles. The van der Waals surface area contributed by atoms with Crippen molar-refractivity contribution in [1.82, 2.24) is 5.32 Å². The molecule has 0 aliphatic rings. The zero-order valence-corrected chi connectivity index (χ0v) is 10.6. The van der Waals surface area contributed by atoms with Crippen LogP contribution in [0.3, 0.4) is 0 Å². The van der Waals surface area contributed by atoms with Gasteiger partial charge in [0.25, 0.3) is 5.91 Å². The fraction of sp³-hybridized carbons (Fsp3) is 0.462. The summed E-state index contributed by atoms with van der Waals surface area (Å²) in [5.41, 5.74) is 1.76. The van der Waals surface area contributed by atoms with Crippen LogP contribution in [0.4, 0.5) is 0 Å². The second-order valence-corrected chi connectivity index (χ2v) is 4.49. The van der Waals surface area contributed by atoms with Gasteiger partial charge in [-0.2, -0.15) is 0 Å². The van der Waals surface area contributed by atoms with Crippen molar-refractivity contribution in [2.75, 3.05) is 12.4 Å². The first kappa shape index (κ1) is 13.0. The number of alkyl halides is 1. The Labute approximate surface area is 102 Å². The number of nitrogens with one attached hydrogen (secondary N) is 1. The van der Waals surface area contributed by atoms with E-state index in [9.17, 15) is 4.79 Å². The highest BCUT2D eigenvalue weighted by Gasteiger charge is 2.09. The minimum atomic E-state index is -0.000442. The van der Waals surface area contributed by atoms with Gasteiger partial charge < -0.3 is 5.32 Å². The fourth-order valence-corrected chi connectivity index (χ4v) is 1.85. The third kappa shape index (κ3) is 3.86. The van der Waals surface area contributed by atoms with Crippen molar-refractivity contribution in [2.24, 2.45) is 5.92 Å². The maximum atomic E-state index is 11.8. The molecule has 0 aromatic heterocycles. The molecule has 0 bridgehead atoms. The SMILES string of the molecule is Cc1ccccc1C(=O)NCC(C)CCCl. The van der Waals surface area contributed by atoms with Crippen molar-refractivity contribution >= 4 is 17.5 Å². The van der Waals surface area contributed by atoms with Gasteiger partial charge in [0.05, 0.1) is 0 Å². The summed E-state index contributed by atoms with van der Waals surface area (Å²) in [4.78, 5) is 11.8. The number of rotatable bonds is 5. The number of aryl methyl sites for hydroxylation is 1. The number of amides is 1. The molecule has 1 unspecified atom stereocenters. The summed E-state index contributed by atoms with van der Waals surface area (Å²) >= 11 is 5.64. The number of halogens is 1. The molecule has 16 heavy (non-hydrogen) atoms. The Morgan fingerprint density at radius 1 is 1.44 bits per heavy atom. The van der Waals surface area contributed by atoms with Crippen molar-refractivity contribution in [1.29, 1.82) is 0 Å². The van der Waals surface area contributed by atoms with Gasteiger partial charge in [0.15, 0.2) is 0 Å². The lowest BCUT2D eigenvalue weighted by Gasteiger charge is -2.12. The van der Waals surface area contributed by atoms with Gasteiger partial charge in [0.2, 0.25) is 0 Å². The molecule has 1 N–H and O–H groups in total. The summed E-state index contributed by atoms with van der Waals surface area (Å²) < 4.78 is 0. The molecule has 1 rings (SSSR count). The van der Waals surface area contributed by atoms with Crippen LogP contribution in [0.2, 0.25) is 0 Å². The van der Waals surface area contributed by atoms with E-state index in [1.54, 1.807) is 0 Å². The predicted molar refractivity (Wildman–Crippen MR) is 68.0 cm³/mol. The van der Waals surface area contributed by atoms with Gasteiger partial charge in [-0.3, -0.25) is 4.79 Å². The van der Waals surface area contributed by atoms with Crippen molar-refractivity contribution in [2.45, 2.75) is 20.3 Å². The van der Waals surface area contributed by atoms with Crippen LogP contribution in [-0.2, 0) is 0 Å². The van der Waals surface area contributed by atoms with Crippen LogP contribution in [-0.4, -0.2) is 18.3 Å². The van der Waals surface area contributed by atoms with Crippen LogP contribution in [0.25, 0.3) is 0 Å². The molecule has 0 spiro atoms. The van der Waals surface area contributed by atoms with Crippen LogP contribution in [0.1, 0.15) is 29.3 Å². The molecule has 1 amide bonds. The third-order valence-corrected chi connectivity index (χ3v) is 2.82. The maximum absolute atomic E-state index is 11.8. The van der Waals surface area contributed by atoms with Crippen LogP contribution < -0.4 is 5.32 Å². The number of hydrogen-bond acceptors (Lipinski definition) is 1. The van der Waals surface area contributed by atoms with E-state index in [-0.39, 0.29) is 5.91 Å². The molecular formula is C13H18ClNO. The van der Waals surface area contributed by atoms with Gasteiger partial charge in [0.1, 0.15) is 0 Å². The van der Waals surface area contributed by atoms with Crippen LogP contribution >= 0.6 is 11.6 Å². The van der Waals surface area contributed by atoms with Gasteiger partial charge in [-0.05, 0) is 30.9 Å². The molecule has 1 aromatic rings. The summed E-state index contributed by atoms with van der Waals surface area (Å²) in [6.07, 6.45) is 0.926. The summed E-state index contributed by atoms with van der Waals surface area (Å²) in [5, 5.41) is 2.93. The lowest BCUT2D eigenvalue weighted by molar-refractivity contribution is 0.0947. The molecular weight excluding hydrogens is 222 g/mol. The smallest absolute Gasteiger partial charge is 0.251 e. The van der Waals surface area contributed by atoms with Gasteiger partial charge in [-0.15, -0.1) is 11.6 Å². The monoisotopic (exact) mass is 239 g/mol. The van der Waals surface area contributed by atoms with Crippen LogP contribution in [0, 0.1) is 12.8 Å². The average molecular weight is 240 g/mol. The summed E-state index contributed by atoms with van der Waals surface area (Å²) in [7, 11) is 0. The topological polar surface area (TPSA) is 29.1 Å². The molecule has 3 heteroatoms. The second kappa shape index (κ2) is 6.54. The minimum Gasteiger partial charge on any atom is -0.352 e. The van der Waals surface area contributed by atoms with E-state index < -0.39 is 0 Å². The van der Waals surface area contributed by atoms with Crippen molar-refractivity contribution in [3.63, 3.8) is 0 Å². The summed E-state index contributed by atoms with van der Waals surface area (Å²) in [6, 6.07) is 7.60. The normalized spacial score (nSPS) is 12.2. The maximum Gasteiger partial charge on any atom is 0.251 e. The standard InChI is InChI=1S/C13H18ClNO/c1-10(7-8-14)9-15-13(16)12-6-4-3-5-11(12)2/h3-6,10H,7-9H2,1-2H3,(H,15,16). The highest BCUT2D eigenvalue weighted by Crippen LogP contribution is 2.07. The Kier molecular flexibility index (Phi) is 5.33. The average Bonchev–Trinajstić information content (AvgIpc) is 2.27. The largest absolute Gasteiger partial charge is 0.352 e. The number of carbonyl (C=O) groups excluding carboxylic acids is 1. The molecule has 0 saturated heterocycles. The first-order chi connectivity index (χ1) is 7.65. The van der Waals surface area contributed by atoms with Crippen molar-refractivity contribution < 1.29 is 4.79 Å². The third-order valence-electron chi connectivity index (χ3n) is 2.60. The zero-order valence-electron chi connectivity index (χ0n) is 9.79. The number of benzene rings is 1. The first-order valence-electron chi connectivity index (χ1n) is 5.55. The first-order valence-corrected chi connectivity index (χ1v) is 6.08. The zero-order chi connectivity index (χ0) is 12.0. The fourth-order valence-electron chi connectivity index (χ4n) is 1.48. The Balaban J connectivity index is 2.50. The highest BCUT2D eigenvalue weighted by atomic mass is 35.5. The van der Waals surface area contributed by atoms with E-state index in [1.165, 1.54) is 0 Å². The minimum absolute atomic E-state index is 0.000442. The van der Waals surface area contributed by atoms with Crippen molar-refractivity contribution in [3.8, 4) is 0 Å². The van der Waals surface area contributed by atoms with Crippen molar-refractivity contribution in [3.05, 3.63) is 35.4 Å². The van der Waals surface area contributed by atoms with E-state index in [0.29, 0.717) is 18.3 Å². The molecule has 0 fully saturated rings. The highest BCUT2D eigenvalue weighted by molar-refractivity contribution is 6.17. The Hall–Kier alpha value is -1.02. The molecule has 0 aliphatic carbocycles. The van der Waals surface area contributed by atoms with Gasteiger partial charge in [0, 0.05) is 18.0 Å². The van der Waals surface area contributed by atoms with E-state index in [4.69, 9.17) is 11.6 Å². The Morgan fingerprint density at radius 2 is 2.12 bits per heavy atom. The molecule has 88 valence electrons. The summed E-state index contributed by atoms with van der Waals surface area (Å²) in [6.45, 7) is 4.71. The molecule has 0 saturated carbocycles. The van der Waals surface area contributed by atoms with Gasteiger partial charge in [-0.25, -0.2) is 0 Å². The van der Waals surface area contributed by atoms with E-state index in [0.717, 1.165) is 17.5 Å². The van der Waals surface area contributed by atoms with Gasteiger partial charge >= 0.3 is 0 Å². The Morgan fingerprint density at radius 3 is 2.75 bits per heavy atom. The van der Waals surface area contributed by atoms with Crippen LogP contribution in [0.15, 0.2) is 24.3 Å². The number of hydrogen-bond donors (Lipinski definition) is 1. The molecule has 1 aromatic carbocycles. The quantitative estimate of drug-likeness (QED) is 0.787. The van der Waals surface area contributed by atoms with Gasteiger partial charge in [-0.1, -0.05) is 25.1 Å². The molecule has 0 radical (unpaired) electrons. The summed E-state index contributed by atoms with van der Waals surface area (Å²) in [5.74, 6) is 1.06. The molecule has 1 atom stereocenters. The molecule has 0 aliphatic heterocycles. The van der Waals surface area contributed by atoms with E-state index >= 15 is 0 Å². The van der Waals surface area contributed by atoms with E-state index in [2.05, 4.69) is 12.2 Å². The molecule has 2 nitrogen and oxygen atoms in total. The van der Waals surface area contributed by atoms with E-state index in [1.807, 2.05) is 31.2 Å². The lowest BCUT2D eigenvalue weighted by atomic mass is 10.1. The predicted octanol–water partition coefficient (Wildman–Crippen LogP) is 2.99. The lowest BCUT2D eigenvalue weighted by Crippen LogP contribution is -2.28. The number of carbonyl (C=O) groups is 1. The Bertz CT molecular complexity index is 352. The van der Waals surface area contributed by atoms with Crippen LogP contribution in [0.5, 0.6) is 0 Å².